The summed E-state index contributed by atoms with van der Waals surface area (Å²) in [7, 11) is 0. The molecule has 1 atom stereocenters. The molecule has 0 saturated heterocycles. The van der Waals surface area contributed by atoms with Gasteiger partial charge in [-0.3, -0.25) is 4.79 Å². The predicted octanol–water partition coefficient (Wildman–Crippen LogP) is 2.12. The number of nitrogens with one attached hydrogen (secondary N) is 2. The van der Waals surface area contributed by atoms with Crippen molar-refractivity contribution in [2.75, 3.05) is 13.1 Å². The standard InChI is InChI=1S/C16H24N2O/c1-13(7-8-14-5-3-2-4-6-14)18-16(19)12-17-11-15-9-10-15/h2-6,13,15,17H,7-12H2,1H3,(H,18,19). The van der Waals surface area contributed by atoms with Crippen LogP contribution in [-0.2, 0) is 11.2 Å². The zero-order valence-electron chi connectivity index (χ0n) is 11.7. The number of hydrogen-bond donors (Lipinski definition) is 2. The lowest BCUT2D eigenvalue weighted by Crippen LogP contribution is -2.39. The van der Waals surface area contributed by atoms with Crippen molar-refractivity contribution in [3.05, 3.63) is 35.9 Å². The number of carbonyl (C=O) groups is 1. The van der Waals surface area contributed by atoms with Crippen LogP contribution < -0.4 is 10.6 Å². The molecule has 3 nitrogen and oxygen atoms in total. The van der Waals surface area contributed by atoms with E-state index in [-0.39, 0.29) is 11.9 Å². The minimum absolute atomic E-state index is 0.112. The number of carbonyl (C=O) groups excluding carboxylic acids is 1. The van der Waals surface area contributed by atoms with E-state index in [2.05, 4.69) is 41.8 Å². The molecule has 1 aromatic carbocycles. The average molecular weight is 260 g/mol. The van der Waals surface area contributed by atoms with Gasteiger partial charge in [0.25, 0.3) is 0 Å². The minimum atomic E-state index is 0.112. The van der Waals surface area contributed by atoms with Gasteiger partial charge in [0, 0.05) is 6.04 Å². The lowest BCUT2D eigenvalue weighted by Gasteiger charge is -2.14. The monoisotopic (exact) mass is 260 g/mol. The second-order valence-corrected chi connectivity index (χ2v) is 5.57. The van der Waals surface area contributed by atoms with E-state index >= 15 is 0 Å². The van der Waals surface area contributed by atoms with E-state index in [4.69, 9.17) is 0 Å². The van der Waals surface area contributed by atoms with Crippen LogP contribution in [0.5, 0.6) is 0 Å². The molecule has 0 radical (unpaired) electrons. The molecule has 104 valence electrons. The van der Waals surface area contributed by atoms with E-state index in [1.807, 2.05) is 6.07 Å². The maximum absolute atomic E-state index is 11.7. The topological polar surface area (TPSA) is 41.1 Å². The molecule has 1 fully saturated rings. The summed E-state index contributed by atoms with van der Waals surface area (Å²) in [5, 5.41) is 6.26. The Labute approximate surface area is 115 Å². The van der Waals surface area contributed by atoms with Crippen molar-refractivity contribution in [3.8, 4) is 0 Å². The lowest BCUT2D eigenvalue weighted by atomic mass is 10.1. The lowest BCUT2D eigenvalue weighted by molar-refractivity contribution is -0.120. The van der Waals surface area contributed by atoms with Crippen molar-refractivity contribution in [1.82, 2.24) is 10.6 Å². The smallest absolute Gasteiger partial charge is 0.234 e. The molecule has 1 aliphatic carbocycles. The van der Waals surface area contributed by atoms with Crippen LogP contribution in [0.2, 0.25) is 0 Å². The highest BCUT2D eigenvalue weighted by Crippen LogP contribution is 2.27. The van der Waals surface area contributed by atoms with Gasteiger partial charge in [-0.1, -0.05) is 30.3 Å². The minimum Gasteiger partial charge on any atom is -0.353 e. The molecule has 0 aliphatic heterocycles. The Balaban J connectivity index is 1.57. The molecule has 1 amide bonds. The summed E-state index contributed by atoms with van der Waals surface area (Å²) < 4.78 is 0. The third kappa shape index (κ3) is 5.88. The van der Waals surface area contributed by atoms with E-state index in [0.717, 1.165) is 25.3 Å². The van der Waals surface area contributed by atoms with Gasteiger partial charge >= 0.3 is 0 Å². The zero-order valence-corrected chi connectivity index (χ0v) is 11.7. The van der Waals surface area contributed by atoms with Crippen LogP contribution in [0, 0.1) is 5.92 Å². The predicted molar refractivity (Wildman–Crippen MR) is 78.0 cm³/mol. The van der Waals surface area contributed by atoms with Crippen LogP contribution in [0.4, 0.5) is 0 Å². The first-order valence-electron chi connectivity index (χ1n) is 7.28. The molecule has 1 unspecified atom stereocenters. The number of hydrogen-bond acceptors (Lipinski definition) is 2. The SMILES string of the molecule is CC(CCc1ccccc1)NC(=O)CNCC1CC1. The molecule has 1 aliphatic rings. The Hall–Kier alpha value is -1.35. The first kappa shape index (κ1) is 14.1. The Morgan fingerprint density at radius 2 is 2.05 bits per heavy atom. The normalized spacial score (nSPS) is 16.1. The highest BCUT2D eigenvalue weighted by atomic mass is 16.1. The molecule has 2 N–H and O–H groups in total. The third-order valence-electron chi connectivity index (χ3n) is 3.53. The summed E-state index contributed by atoms with van der Waals surface area (Å²) in [6.07, 6.45) is 4.64. The van der Waals surface area contributed by atoms with Gasteiger partial charge in [0.05, 0.1) is 6.54 Å². The van der Waals surface area contributed by atoms with E-state index in [1.54, 1.807) is 0 Å². The number of benzene rings is 1. The second-order valence-electron chi connectivity index (χ2n) is 5.57. The van der Waals surface area contributed by atoms with Crippen molar-refractivity contribution in [2.24, 2.45) is 5.92 Å². The fourth-order valence-electron chi connectivity index (χ4n) is 2.14. The summed E-state index contributed by atoms with van der Waals surface area (Å²) >= 11 is 0. The number of rotatable bonds is 8. The van der Waals surface area contributed by atoms with E-state index in [9.17, 15) is 4.79 Å². The molecule has 0 bridgehead atoms. The molecule has 0 heterocycles. The molecule has 0 aromatic heterocycles. The van der Waals surface area contributed by atoms with Gasteiger partial charge in [0.15, 0.2) is 0 Å². The van der Waals surface area contributed by atoms with Crippen LogP contribution in [0.25, 0.3) is 0 Å². The van der Waals surface area contributed by atoms with Gasteiger partial charge in [-0.2, -0.15) is 0 Å². The fourth-order valence-corrected chi connectivity index (χ4v) is 2.14. The Morgan fingerprint density at radius 1 is 1.32 bits per heavy atom. The molecule has 19 heavy (non-hydrogen) atoms. The third-order valence-corrected chi connectivity index (χ3v) is 3.53. The Kier molecular flexibility index (Phi) is 5.40. The van der Waals surface area contributed by atoms with E-state index < -0.39 is 0 Å². The van der Waals surface area contributed by atoms with Crippen molar-refractivity contribution >= 4 is 5.91 Å². The average Bonchev–Trinajstić information content (AvgIpc) is 3.22. The maximum Gasteiger partial charge on any atom is 0.234 e. The van der Waals surface area contributed by atoms with Crippen LogP contribution in [-0.4, -0.2) is 25.0 Å². The van der Waals surface area contributed by atoms with Crippen molar-refractivity contribution in [3.63, 3.8) is 0 Å². The highest BCUT2D eigenvalue weighted by Gasteiger charge is 2.20. The first-order chi connectivity index (χ1) is 9.24. The van der Waals surface area contributed by atoms with Gasteiger partial charge in [0.2, 0.25) is 5.91 Å². The van der Waals surface area contributed by atoms with Gasteiger partial charge < -0.3 is 10.6 Å². The summed E-state index contributed by atoms with van der Waals surface area (Å²) in [5.41, 5.74) is 1.33. The first-order valence-corrected chi connectivity index (χ1v) is 7.28. The van der Waals surface area contributed by atoms with Gasteiger partial charge in [-0.05, 0) is 50.6 Å². The van der Waals surface area contributed by atoms with Crippen LogP contribution >= 0.6 is 0 Å². The van der Waals surface area contributed by atoms with Crippen LogP contribution in [0.1, 0.15) is 31.7 Å². The molecular weight excluding hydrogens is 236 g/mol. The molecule has 3 heteroatoms. The van der Waals surface area contributed by atoms with E-state index in [1.165, 1.54) is 18.4 Å². The van der Waals surface area contributed by atoms with E-state index in [0.29, 0.717) is 6.54 Å². The van der Waals surface area contributed by atoms with Gasteiger partial charge in [-0.15, -0.1) is 0 Å². The number of aryl methyl sites for hydroxylation is 1. The van der Waals surface area contributed by atoms with Crippen LogP contribution in [0.3, 0.4) is 0 Å². The zero-order chi connectivity index (χ0) is 13.5. The highest BCUT2D eigenvalue weighted by molar-refractivity contribution is 5.78. The molecule has 1 aromatic rings. The summed E-state index contributed by atoms with van der Waals surface area (Å²) in [6, 6.07) is 10.6. The summed E-state index contributed by atoms with van der Waals surface area (Å²) in [4.78, 5) is 11.7. The van der Waals surface area contributed by atoms with Crippen molar-refractivity contribution in [1.29, 1.82) is 0 Å². The Morgan fingerprint density at radius 3 is 2.74 bits per heavy atom. The van der Waals surface area contributed by atoms with Crippen LogP contribution in [0.15, 0.2) is 30.3 Å². The largest absolute Gasteiger partial charge is 0.353 e. The molecule has 2 rings (SSSR count). The molecule has 0 spiro atoms. The maximum atomic E-state index is 11.7. The molecule has 1 saturated carbocycles. The summed E-state index contributed by atoms with van der Waals surface area (Å²) in [6.45, 7) is 3.51. The van der Waals surface area contributed by atoms with Crippen molar-refractivity contribution in [2.45, 2.75) is 38.6 Å². The summed E-state index contributed by atoms with van der Waals surface area (Å²) in [5.74, 6) is 0.935. The van der Waals surface area contributed by atoms with Gasteiger partial charge in [0.1, 0.15) is 0 Å². The quantitative estimate of drug-likeness (QED) is 0.752. The fraction of sp³-hybridized carbons (Fsp3) is 0.562. The Bertz CT molecular complexity index is 387. The van der Waals surface area contributed by atoms with Crippen molar-refractivity contribution < 1.29 is 4.79 Å². The molecular formula is C16H24N2O. The second kappa shape index (κ2) is 7.29. The van der Waals surface area contributed by atoms with Gasteiger partial charge in [-0.25, -0.2) is 0 Å². The number of amides is 1.